The maximum absolute atomic E-state index is 6.51. The van der Waals surface area contributed by atoms with Crippen LogP contribution < -0.4 is 4.74 Å². The molecule has 1 heterocycles. The predicted molar refractivity (Wildman–Crippen MR) is 201 cm³/mol. The molecule has 0 radical (unpaired) electrons. The van der Waals surface area contributed by atoms with Crippen LogP contribution in [-0.2, 0) is 5.41 Å². The molecule has 1 heteroatoms. The molecule has 48 heavy (non-hydrogen) atoms. The van der Waals surface area contributed by atoms with Crippen LogP contribution in [0.4, 0.5) is 0 Å². The van der Waals surface area contributed by atoms with Crippen molar-refractivity contribution in [2.45, 2.75) is 19.3 Å². The van der Waals surface area contributed by atoms with E-state index in [-0.39, 0.29) is 5.41 Å². The van der Waals surface area contributed by atoms with Gasteiger partial charge < -0.3 is 4.74 Å². The van der Waals surface area contributed by atoms with Gasteiger partial charge in [-0.2, -0.15) is 0 Å². The Bertz CT molecular complexity index is 2590. The van der Waals surface area contributed by atoms with Crippen molar-refractivity contribution in [2.75, 3.05) is 0 Å². The van der Waals surface area contributed by atoms with E-state index in [1.807, 2.05) is 0 Å². The van der Waals surface area contributed by atoms with Gasteiger partial charge in [-0.3, -0.25) is 0 Å². The summed E-state index contributed by atoms with van der Waals surface area (Å²) in [7, 11) is 0. The molecule has 0 unspecified atom stereocenters. The van der Waals surface area contributed by atoms with Crippen molar-refractivity contribution in [1.29, 1.82) is 0 Å². The number of hydrogen-bond donors (Lipinski definition) is 0. The highest BCUT2D eigenvalue weighted by atomic mass is 16.5. The van der Waals surface area contributed by atoms with E-state index < -0.39 is 0 Å². The van der Waals surface area contributed by atoms with Crippen molar-refractivity contribution in [3.8, 4) is 67.1 Å². The number of rotatable bonds is 3. The van der Waals surface area contributed by atoms with E-state index >= 15 is 0 Å². The molecule has 1 aliphatic carbocycles. The molecule has 2 aliphatic rings. The van der Waals surface area contributed by atoms with Crippen LogP contribution in [0.2, 0.25) is 0 Å². The van der Waals surface area contributed by atoms with Gasteiger partial charge >= 0.3 is 0 Å². The first-order valence-electron chi connectivity index (χ1n) is 16.8. The van der Waals surface area contributed by atoms with Crippen LogP contribution in [0.5, 0.6) is 11.5 Å². The highest BCUT2D eigenvalue weighted by Crippen LogP contribution is 2.52. The SMILES string of the molecule is CC1(C)c2cc(-c3ccc(-c4ccc5c6c(cccc46)-c4cc(-c6ccccc6)ccc4O5)cc3)ccc2-c2cc3ccccc3cc21. The van der Waals surface area contributed by atoms with Crippen LogP contribution in [0.25, 0.3) is 77.2 Å². The van der Waals surface area contributed by atoms with Gasteiger partial charge in [-0.05, 0) is 114 Å². The first-order valence-corrected chi connectivity index (χ1v) is 16.8. The Hall–Kier alpha value is -5.92. The molecular formula is C47H32O. The second-order valence-electron chi connectivity index (χ2n) is 13.7. The van der Waals surface area contributed by atoms with Gasteiger partial charge in [0.05, 0.1) is 0 Å². The van der Waals surface area contributed by atoms with E-state index in [4.69, 9.17) is 4.74 Å². The molecule has 0 spiro atoms. The summed E-state index contributed by atoms with van der Waals surface area (Å²) in [6.07, 6.45) is 0. The van der Waals surface area contributed by atoms with E-state index in [0.717, 1.165) is 17.1 Å². The van der Waals surface area contributed by atoms with Gasteiger partial charge in [0.1, 0.15) is 11.5 Å². The second kappa shape index (κ2) is 10.0. The van der Waals surface area contributed by atoms with Crippen LogP contribution >= 0.6 is 0 Å². The average molecular weight is 613 g/mol. The number of hydrogen-bond acceptors (Lipinski definition) is 1. The fraction of sp³-hybridized carbons (Fsp3) is 0.0638. The van der Waals surface area contributed by atoms with Crippen molar-refractivity contribution in [2.24, 2.45) is 0 Å². The summed E-state index contributed by atoms with van der Waals surface area (Å²) >= 11 is 0. The van der Waals surface area contributed by atoms with Crippen LogP contribution in [0.3, 0.4) is 0 Å². The third-order valence-corrected chi connectivity index (χ3v) is 10.7. The zero-order valence-electron chi connectivity index (χ0n) is 26.9. The Labute approximate surface area is 280 Å². The zero-order chi connectivity index (χ0) is 32.0. The van der Waals surface area contributed by atoms with Crippen molar-refractivity contribution >= 4 is 21.5 Å². The minimum atomic E-state index is -0.0590. The molecule has 0 bridgehead atoms. The largest absolute Gasteiger partial charge is 0.456 e. The van der Waals surface area contributed by atoms with Crippen LogP contribution in [0.15, 0.2) is 158 Å². The van der Waals surface area contributed by atoms with Gasteiger partial charge in [0.15, 0.2) is 0 Å². The molecule has 1 aliphatic heterocycles. The molecule has 8 aromatic carbocycles. The maximum Gasteiger partial charge on any atom is 0.135 e. The number of fused-ring (bicyclic) bond motifs is 6. The van der Waals surface area contributed by atoms with Crippen molar-refractivity contribution in [3.05, 3.63) is 169 Å². The fourth-order valence-corrected chi connectivity index (χ4v) is 8.14. The van der Waals surface area contributed by atoms with Gasteiger partial charge in [-0.25, -0.2) is 0 Å². The van der Waals surface area contributed by atoms with E-state index in [2.05, 4.69) is 172 Å². The first-order chi connectivity index (χ1) is 23.5. The third-order valence-electron chi connectivity index (χ3n) is 10.7. The zero-order valence-corrected chi connectivity index (χ0v) is 26.9. The summed E-state index contributed by atoms with van der Waals surface area (Å²) in [6, 6.07) is 57.6. The van der Waals surface area contributed by atoms with Crippen LogP contribution in [0, 0.1) is 0 Å². The van der Waals surface area contributed by atoms with Crippen LogP contribution in [-0.4, -0.2) is 0 Å². The lowest BCUT2D eigenvalue weighted by molar-refractivity contribution is 0.487. The van der Waals surface area contributed by atoms with Gasteiger partial charge in [0, 0.05) is 16.4 Å². The third kappa shape index (κ3) is 3.98. The lowest BCUT2D eigenvalue weighted by Gasteiger charge is -2.23. The molecular weight excluding hydrogens is 581 g/mol. The number of ether oxygens (including phenoxy) is 1. The Kier molecular flexibility index (Phi) is 5.69. The van der Waals surface area contributed by atoms with Gasteiger partial charge in [-0.1, -0.05) is 135 Å². The molecule has 0 saturated heterocycles. The first kappa shape index (κ1) is 27.2. The topological polar surface area (TPSA) is 9.23 Å². The van der Waals surface area contributed by atoms with Gasteiger partial charge in [0.2, 0.25) is 0 Å². The minimum absolute atomic E-state index is 0.0590. The fourth-order valence-electron chi connectivity index (χ4n) is 8.14. The van der Waals surface area contributed by atoms with E-state index in [9.17, 15) is 0 Å². The molecule has 10 rings (SSSR count). The summed E-state index contributed by atoms with van der Waals surface area (Å²) < 4.78 is 6.51. The van der Waals surface area contributed by atoms with Gasteiger partial charge in [-0.15, -0.1) is 0 Å². The molecule has 0 saturated carbocycles. The molecule has 0 fully saturated rings. The average Bonchev–Trinajstić information content (AvgIpc) is 3.36. The minimum Gasteiger partial charge on any atom is -0.456 e. The standard InChI is InChI=1S/C47H32O/c1-47(2)42-28-35(19-21-37(42)40-25-32-11-6-7-12-33(32)27-43(40)47)30-15-17-31(18-16-30)36-22-24-45-46-38(36)13-8-14-39(46)41-26-34(20-23-44(41)48-45)29-9-4-3-5-10-29/h3-28H,1-2H3. The molecule has 0 atom stereocenters. The second-order valence-corrected chi connectivity index (χ2v) is 13.7. The van der Waals surface area contributed by atoms with Crippen molar-refractivity contribution in [3.63, 3.8) is 0 Å². The molecule has 0 aromatic heterocycles. The highest BCUT2D eigenvalue weighted by Gasteiger charge is 2.36. The summed E-state index contributed by atoms with van der Waals surface area (Å²) in [5, 5.41) is 4.98. The molecule has 226 valence electrons. The quantitative estimate of drug-likeness (QED) is 0.193. The number of benzene rings is 8. The lowest BCUT2D eigenvalue weighted by Crippen LogP contribution is -2.15. The Morgan fingerprint density at radius 3 is 1.83 bits per heavy atom. The summed E-state index contributed by atoms with van der Waals surface area (Å²) in [5.41, 5.74) is 15.1. The van der Waals surface area contributed by atoms with Crippen LogP contribution in [0.1, 0.15) is 25.0 Å². The Balaban J connectivity index is 1.03. The molecule has 1 nitrogen and oxygen atoms in total. The monoisotopic (exact) mass is 612 g/mol. The smallest absolute Gasteiger partial charge is 0.135 e. The maximum atomic E-state index is 6.51. The lowest BCUT2D eigenvalue weighted by atomic mass is 9.81. The van der Waals surface area contributed by atoms with Crippen molar-refractivity contribution < 1.29 is 4.74 Å². The van der Waals surface area contributed by atoms with E-state index in [1.54, 1.807) is 0 Å². The summed E-state index contributed by atoms with van der Waals surface area (Å²) in [4.78, 5) is 0. The summed E-state index contributed by atoms with van der Waals surface area (Å²) in [6.45, 7) is 4.73. The van der Waals surface area contributed by atoms with E-state index in [0.29, 0.717) is 0 Å². The van der Waals surface area contributed by atoms with Gasteiger partial charge in [0.25, 0.3) is 0 Å². The molecule has 0 N–H and O–H groups in total. The molecule has 0 amide bonds. The molecule has 8 aromatic rings. The Morgan fingerprint density at radius 1 is 0.375 bits per heavy atom. The predicted octanol–water partition coefficient (Wildman–Crippen LogP) is 13.1. The highest BCUT2D eigenvalue weighted by molar-refractivity contribution is 6.10. The van der Waals surface area contributed by atoms with Crippen molar-refractivity contribution in [1.82, 2.24) is 0 Å². The van der Waals surface area contributed by atoms with E-state index in [1.165, 1.54) is 82.7 Å². The Morgan fingerprint density at radius 2 is 1.00 bits per heavy atom. The normalized spacial score (nSPS) is 13.5. The summed E-state index contributed by atoms with van der Waals surface area (Å²) in [5.74, 6) is 1.82.